The lowest BCUT2D eigenvalue weighted by Gasteiger charge is -2.13. The molecule has 0 saturated carbocycles. The first-order valence-electron chi connectivity index (χ1n) is 6.84. The first kappa shape index (κ1) is 11.8. The summed E-state index contributed by atoms with van der Waals surface area (Å²) in [4.78, 5) is 0. The maximum absolute atomic E-state index is 6.25. The van der Waals surface area contributed by atoms with E-state index in [1.807, 2.05) is 12.1 Å². The summed E-state index contributed by atoms with van der Waals surface area (Å²) in [7, 11) is 0. The first-order valence-corrected chi connectivity index (χ1v) is 7.22. The Morgan fingerprint density at radius 2 is 1.75 bits per heavy atom. The lowest BCUT2D eigenvalue weighted by atomic mass is 9.99. The van der Waals surface area contributed by atoms with Crippen LogP contribution in [0.4, 0.5) is 5.69 Å². The molecule has 1 aliphatic heterocycles. The fraction of sp³-hybridized carbons (Fsp3) is 0.111. The van der Waals surface area contributed by atoms with Crippen LogP contribution in [0.15, 0.2) is 60.7 Å². The third-order valence-electron chi connectivity index (χ3n) is 4.02. The normalized spacial score (nSPS) is 16.9. The molecule has 20 heavy (non-hydrogen) atoms. The molecule has 1 unspecified atom stereocenters. The summed E-state index contributed by atoms with van der Waals surface area (Å²) >= 11 is 6.25. The molecule has 4 rings (SSSR count). The average Bonchev–Trinajstić information content (AvgIpc) is 2.92. The molecule has 98 valence electrons. The Balaban J connectivity index is 1.73. The Labute approximate surface area is 123 Å². The van der Waals surface area contributed by atoms with E-state index in [4.69, 9.17) is 11.6 Å². The Hall–Kier alpha value is -1.99. The van der Waals surface area contributed by atoms with Gasteiger partial charge in [-0.25, -0.2) is 0 Å². The molecule has 0 saturated heterocycles. The third-order valence-corrected chi connectivity index (χ3v) is 4.33. The van der Waals surface area contributed by atoms with Crippen LogP contribution in [0.5, 0.6) is 0 Å². The molecule has 0 fully saturated rings. The van der Waals surface area contributed by atoms with E-state index < -0.39 is 0 Å². The topological polar surface area (TPSA) is 12.0 Å². The van der Waals surface area contributed by atoms with E-state index in [-0.39, 0.29) is 0 Å². The Morgan fingerprint density at radius 3 is 2.60 bits per heavy atom. The second-order valence-electron chi connectivity index (χ2n) is 5.28. The summed E-state index contributed by atoms with van der Waals surface area (Å²) < 4.78 is 0. The number of nitrogens with one attached hydrogen (secondary N) is 1. The van der Waals surface area contributed by atoms with Crippen molar-refractivity contribution in [1.82, 2.24) is 0 Å². The molecule has 0 spiro atoms. The van der Waals surface area contributed by atoms with Crippen molar-refractivity contribution in [3.8, 4) is 0 Å². The zero-order chi connectivity index (χ0) is 13.5. The summed E-state index contributed by atoms with van der Waals surface area (Å²) in [5.74, 6) is 0. The van der Waals surface area contributed by atoms with Crippen molar-refractivity contribution in [3.05, 3.63) is 76.8 Å². The van der Waals surface area contributed by atoms with E-state index in [2.05, 4.69) is 53.8 Å². The number of benzene rings is 3. The van der Waals surface area contributed by atoms with Crippen LogP contribution in [0.2, 0.25) is 5.02 Å². The molecular weight excluding hydrogens is 266 g/mol. The minimum Gasteiger partial charge on any atom is -0.376 e. The summed E-state index contributed by atoms with van der Waals surface area (Å²) in [6.45, 7) is 0. The Morgan fingerprint density at radius 1 is 0.900 bits per heavy atom. The third kappa shape index (κ3) is 1.86. The molecule has 0 aliphatic carbocycles. The molecule has 3 aromatic rings. The fourth-order valence-corrected chi connectivity index (χ4v) is 3.22. The van der Waals surface area contributed by atoms with Crippen molar-refractivity contribution >= 4 is 28.1 Å². The van der Waals surface area contributed by atoms with Crippen LogP contribution in [0.1, 0.15) is 17.2 Å². The van der Waals surface area contributed by atoms with E-state index in [1.54, 1.807) is 0 Å². The molecule has 3 aromatic carbocycles. The van der Waals surface area contributed by atoms with Gasteiger partial charge >= 0.3 is 0 Å². The first-order chi connectivity index (χ1) is 9.81. The monoisotopic (exact) mass is 279 g/mol. The molecule has 0 aromatic heterocycles. The Bertz CT molecular complexity index is 794. The second-order valence-corrected chi connectivity index (χ2v) is 5.69. The van der Waals surface area contributed by atoms with Gasteiger partial charge in [0.25, 0.3) is 0 Å². The van der Waals surface area contributed by atoms with E-state index in [9.17, 15) is 0 Å². The number of rotatable bonds is 1. The number of anilines is 1. The van der Waals surface area contributed by atoms with E-state index >= 15 is 0 Å². The molecule has 1 aliphatic rings. The van der Waals surface area contributed by atoms with Crippen LogP contribution in [0.3, 0.4) is 0 Å². The predicted octanol–water partition coefficient (Wildman–Crippen LogP) is 5.20. The minimum atomic E-state index is 0.314. The quantitative estimate of drug-likeness (QED) is 0.645. The van der Waals surface area contributed by atoms with Gasteiger partial charge in [-0.05, 0) is 40.5 Å². The number of para-hydroxylation sites is 1. The number of hydrogen-bond acceptors (Lipinski definition) is 1. The minimum absolute atomic E-state index is 0.314. The summed E-state index contributed by atoms with van der Waals surface area (Å²) in [6.07, 6.45) is 0.994. The maximum Gasteiger partial charge on any atom is 0.0640 e. The van der Waals surface area contributed by atoms with Crippen LogP contribution in [-0.2, 0) is 6.42 Å². The molecule has 0 amide bonds. The van der Waals surface area contributed by atoms with Crippen LogP contribution in [0.25, 0.3) is 10.8 Å². The van der Waals surface area contributed by atoms with Gasteiger partial charge in [-0.1, -0.05) is 60.1 Å². The van der Waals surface area contributed by atoms with Gasteiger partial charge in [-0.2, -0.15) is 0 Å². The molecular formula is C18H14ClN. The fourth-order valence-electron chi connectivity index (χ4n) is 2.97. The van der Waals surface area contributed by atoms with Gasteiger partial charge in [0.1, 0.15) is 0 Å². The van der Waals surface area contributed by atoms with Gasteiger partial charge < -0.3 is 5.32 Å². The van der Waals surface area contributed by atoms with Gasteiger partial charge in [0, 0.05) is 0 Å². The Kier molecular flexibility index (Phi) is 2.68. The van der Waals surface area contributed by atoms with E-state index in [1.165, 1.54) is 21.9 Å². The van der Waals surface area contributed by atoms with Crippen molar-refractivity contribution in [1.29, 1.82) is 0 Å². The molecule has 1 heterocycles. The summed E-state index contributed by atoms with van der Waals surface area (Å²) in [6, 6.07) is 21.6. The molecule has 2 heteroatoms. The number of fused-ring (bicyclic) bond motifs is 2. The lowest BCUT2D eigenvalue weighted by Crippen LogP contribution is -2.05. The smallest absolute Gasteiger partial charge is 0.0640 e. The second kappa shape index (κ2) is 4.53. The summed E-state index contributed by atoms with van der Waals surface area (Å²) in [5.41, 5.74) is 3.71. The number of hydrogen-bond donors (Lipinski definition) is 1. The zero-order valence-electron chi connectivity index (χ0n) is 10.9. The SMILES string of the molecule is Clc1cccc2c1NC(c1ccc3ccccc3c1)C2. The maximum atomic E-state index is 6.25. The largest absolute Gasteiger partial charge is 0.376 e. The van der Waals surface area contributed by atoms with E-state index in [0.717, 1.165) is 17.1 Å². The van der Waals surface area contributed by atoms with Crippen molar-refractivity contribution < 1.29 is 0 Å². The molecule has 1 N–H and O–H groups in total. The number of halogens is 1. The lowest BCUT2D eigenvalue weighted by molar-refractivity contribution is 0.826. The van der Waals surface area contributed by atoms with Gasteiger partial charge in [-0.15, -0.1) is 0 Å². The average molecular weight is 280 g/mol. The standard InChI is InChI=1S/C18H14ClN/c19-16-7-3-6-15-11-17(20-18(15)16)14-9-8-12-4-1-2-5-13(12)10-14/h1-10,17,20H,11H2. The van der Waals surface area contributed by atoms with Crippen molar-refractivity contribution in [2.75, 3.05) is 5.32 Å². The molecule has 1 nitrogen and oxygen atoms in total. The molecule has 1 atom stereocenters. The van der Waals surface area contributed by atoms with Crippen molar-refractivity contribution in [2.45, 2.75) is 12.5 Å². The van der Waals surface area contributed by atoms with Gasteiger partial charge in [0.15, 0.2) is 0 Å². The van der Waals surface area contributed by atoms with E-state index in [0.29, 0.717) is 6.04 Å². The van der Waals surface area contributed by atoms with Gasteiger partial charge in [0.05, 0.1) is 16.8 Å². The predicted molar refractivity (Wildman–Crippen MR) is 85.5 cm³/mol. The van der Waals surface area contributed by atoms with Crippen LogP contribution >= 0.6 is 11.6 Å². The molecule has 0 radical (unpaired) electrons. The summed E-state index contributed by atoms with van der Waals surface area (Å²) in [5, 5.41) is 6.93. The van der Waals surface area contributed by atoms with Crippen LogP contribution in [0, 0.1) is 0 Å². The highest BCUT2D eigenvalue weighted by Gasteiger charge is 2.23. The highest BCUT2D eigenvalue weighted by atomic mass is 35.5. The van der Waals surface area contributed by atoms with Crippen LogP contribution in [-0.4, -0.2) is 0 Å². The van der Waals surface area contributed by atoms with Crippen molar-refractivity contribution in [3.63, 3.8) is 0 Å². The van der Waals surface area contributed by atoms with Gasteiger partial charge in [0.2, 0.25) is 0 Å². The molecule has 0 bridgehead atoms. The zero-order valence-corrected chi connectivity index (χ0v) is 11.7. The van der Waals surface area contributed by atoms with Crippen molar-refractivity contribution in [2.24, 2.45) is 0 Å². The van der Waals surface area contributed by atoms with Crippen LogP contribution < -0.4 is 5.32 Å². The highest BCUT2D eigenvalue weighted by molar-refractivity contribution is 6.33. The highest BCUT2D eigenvalue weighted by Crippen LogP contribution is 2.39. The van der Waals surface area contributed by atoms with Gasteiger partial charge in [-0.3, -0.25) is 0 Å².